The Morgan fingerprint density at radius 3 is 2.26 bits per heavy atom. The maximum absolute atomic E-state index is 13.2. The molecule has 3 amide bonds. The predicted molar refractivity (Wildman–Crippen MR) is 125 cm³/mol. The second-order valence-corrected chi connectivity index (χ2v) is 11.0. The third-order valence-corrected chi connectivity index (χ3v) is 6.98. The maximum atomic E-state index is 13.2. The molecule has 3 aromatic rings. The Kier molecular flexibility index (Phi) is 5.67. The summed E-state index contributed by atoms with van der Waals surface area (Å²) in [4.78, 5) is 40.0. The molecule has 0 bridgehead atoms. The second-order valence-electron chi connectivity index (χ2n) is 8.71. The average molecular weight is 495 g/mol. The molecule has 0 saturated heterocycles. The Morgan fingerprint density at radius 2 is 1.69 bits per heavy atom. The number of tetrazole rings is 1. The van der Waals surface area contributed by atoms with Gasteiger partial charge in [0, 0.05) is 17.5 Å². The Labute approximate surface area is 201 Å². The zero-order valence-corrected chi connectivity index (χ0v) is 19.6. The number of imide groups is 1. The quantitative estimate of drug-likeness (QED) is 0.466. The number of carbonyl (C=O) groups excluding carboxylic acids is 3. The van der Waals surface area contributed by atoms with Crippen LogP contribution >= 0.6 is 0 Å². The molecule has 1 aromatic heterocycles. The molecule has 1 saturated carbocycles. The molecule has 35 heavy (non-hydrogen) atoms. The molecule has 0 spiro atoms. The number of carbonyl (C=O) groups is 3. The lowest BCUT2D eigenvalue weighted by Gasteiger charge is -2.25. The number of nitrogens with one attached hydrogen (secondary N) is 1. The highest BCUT2D eigenvalue weighted by atomic mass is 32.2. The van der Waals surface area contributed by atoms with E-state index in [-0.39, 0.29) is 23.3 Å². The standard InChI is InChI=1S/C23H22N6O5S/c1-35(33,34)13-12-19(28-22(31)17-4-2-3-5-18(17)23(28)32)21(30)24-15-8-6-14(7-9-15)20-25-26-27-29(20)16-10-11-16/h2-9,16,19H,10-13H2,1H3,(H,24,30)/t19-/m1/s1. The van der Waals surface area contributed by atoms with Crippen molar-refractivity contribution < 1.29 is 22.8 Å². The number of fused-ring (bicyclic) bond motifs is 1. The number of benzene rings is 2. The van der Waals surface area contributed by atoms with E-state index in [4.69, 9.17) is 0 Å². The summed E-state index contributed by atoms with van der Waals surface area (Å²) in [5, 5.41) is 14.6. The van der Waals surface area contributed by atoms with Crippen molar-refractivity contribution in [1.29, 1.82) is 0 Å². The van der Waals surface area contributed by atoms with E-state index in [2.05, 4.69) is 20.8 Å². The molecule has 12 heteroatoms. The molecule has 180 valence electrons. The van der Waals surface area contributed by atoms with Gasteiger partial charge in [-0.1, -0.05) is 12.1 Å². The van der Waals surface area contributed by atoms with E-state index >= 15 is 0 Å². The fraction of sp³-hybridized carbons (Fsp3) is 0.304. The van der Waals surface area contributed by atoms with E-state index < -0.39 is 33.6 Å². The van der Waals surface area contributed by atoms with Crippen molar-refractivity contribution in [3.8, 4) is 11.4 Å². The van der Waals surface area contributed by atoms with Crippen LogP contribution in [0.5, 0.6) is 0 Å². The van der Waals surface area contributed by atoms with Gasteiger partial charge in [-0.3, -0.25) is 19.3 Å². The molecule has 1 atom stereocenters. The highest BCUT2D eigenvalue weighted by molar-refractivity contribution is 7.90. The minimum Gasteiger partial charge on any atom is -0.324 e. The van der Waals surface area contributed by atoms with Crippen LogP contribution in [-0.2, 0) is 14.6 Å². The second kappa shape index (κ2) is 8.69. The van der Waals surface area contributed by atoms with E-state index in [1.807, 2.05) is 0 Å². The van der Waals surface area contributed by atoms with Gasteiger partial charge < -0.3 is 5.32 Å². The summed E-state index contributed by atoms with van der Waals surface area (Å²) in [6.45, 7) is 0. The first kappa shape index (κ1) is 22.8. The highest BCUT2D eigenvalue weighted by Crippen LogP contribution is 2.36. The van der Waals surface area contributed by atoms with Crippen LogP contribution in [0.25, 0.3) is 11.4 Å². The smallest absolute Gasteiger partial charge is 0.262 e. The lowest BCUT2D eigenvalue weighted by molar-refractivity contribution is -0.120. The van der Waals surface area contributed by atoms with Crippen LogP contribution in [0.15, 0.2) is 48.5 Å². The minimum atomic E-state index is -3.44. The number of aromatic nitrogens is 4. The molecule has 2 aliphatic rings. The zero-order valence-electron chi connectivity index (χ0n) is 18.8. The fourth-order valence-corrected chi connectivity index (χ4v) is 4.72. The molecule has 1 aliphatic carbocycles. The summed E-state index contributed by atoms with van der Waals surface area (Å²) < 4.78 is 25.4. The number of anilines is 1. The number of rotatable bonds is 8. The number of hydrogen-bond acceptors (Lipinski definition) is 8. The Balaban J connectivity index is 1.37. The van der Waals surface area contributed by atoms with Gasteiger partial charge in [-0.2, -0.15) is 0 Å². The van der Waals surface area contributed by atoms with Gasteiger partial charge in [-0.05, 0) is 66.1 Å². The van der Waals surface area contributed by atoms with Crippen LogP contribution in [0.4, 0.5) is 5.69 Å². The first-order chi connectivity index (χ1) is 16.7. The van der Waals surface area contributed by atoms with Crippen LogP contribution in [0.2, 0.25) is 0 Å². The molecule has 5 rings (SSSR count). The Bertz CT molecular complexity index is 1390. The summed E-state index contributed by atoms with van der Waals surface area (Å²) in [5.41, 5.74) is 1.57. The first-order valence-electron chi connectivity index (χ1n) is 11.1. The summed E-state index contributed by atoms with van der Waals surface area (Å²) in [6.07, 6.45) is 2.88. The largest absolute Gasteiger partial charge is 0.324 e. The van der Waals surface area contributed by atoms with E-state index in [1.54, 1.807) is 41.1 Å². The van der Waals surface area contributed by atoms with Crippen molar-refractivity contribution in [2.24, 2.45) is 0 Å². The summed E-state index contributed by atoms with van der Waals surface area (Å²) in [5.74, 6) is -1.63. The molecule has 1 aliphatic heterocycles. The van der Waals surface area contributed by atoms with Crippen LogP contribution in [-0.4, -0.2) is 69.3 Å². The van der Waals surface area contributed by atoms with Crippen LogP contribution in [0.3, 0.4) is 0 Å². The number of sulfone groups is 1. The van der Waals surface area contributed by atoms with E-state index in [9.17, 15) is 22.8 Å². The van der Waals surface area contributed by atoms with Crippen LogP contribution in [0.1, 0.15) is 46.0 Å². The topological polar surface area (TPSA) is 144 Å². The van der Waals surface area contributed by atoms with E-state index in [0.717, 1.165) is 29.6 Å². The third kappa shape index (κ3) is 4.56. The van der Waals surface area contributed by atoms with Crippen LogP contribution < -0.4 is 5.32 Å². The Hall–Kier alpha value is -3.93. The molecule has 11 nitrogen and oxygen atoms in total. The van der Waals surface area contributed by atoms with Crippen molar-refractivity contribution in [3.63, 3.8) is 0 Å². The summed E-state index contributed by atoms with van der Waals surface area (Å²) in [7, 11) is -3.44. The SMILES string of the molecule is CS(=O)(=O)CC[C@H](C(=O)Nc1ccc(-c2nnnn2C2CC2)cc1)N1C(=O)c2ccccc2C1=O. The van der Waals surface area contributed by atoms with E-state index in [1.165, 1.54) is 12.1 Å². The van der Waals surface area contributed by atoms with Gasteiger partial charge >= 0.3 is 0 Å². The van der Waals surface area contributed by atoms with Crippen molar-refractivity contribution in [1.82, 2.24) is 25.1 Å². The van der Waals surface area contributed by atoms with Gasteiger partial charge in [0.1, 0.15) is 15.9 Å². The number of hydrogen-bond donors (Lipinski definition) is 1. The van der Waals surface area contributed by atoms with Gasteiger partial charge in [-0.15, -0.1) is 5.10 Å². The molecule has 0 unspecified atom stereocenters. The van der Waals surface area contributed by atoms with Gasteiger partial charge in [0.15, 0.2) is 5.82 Å². The normalized spacial score (nSPS) is 16.3. The molecule has 0 radical (unpaired) electrons. The molecule has 2 heterocycles. The van der Waals surface area contributed by atoms with Crippen molar-refractivity contribution in [2.75, 3.05) is 17.3 Å². The van der Waals surface area contributed by atoms with Gasteiger partial charge in [-0.25, -0.2) is 13.1 Å². The van der Waals surface area contributed by atoms with Gasteiger partial charge in [0.25, 0.3) is 11.8 Å². The lowest BCUT2D eigenvalue weighted by Crippen LogP contribution is -2.48. The molecule has 1 fully saturated rings. The molecule has 1 N–H and O–H groups in total. The molecular formula is C23H22N6O5S. The third-order valence-electron chi connectivity index (χ3n) is 6.00. The summed E-state index contributed by atoms with van der Waals surface area (Å²) in [6, 6.07) is 12.1. The average Bonchev–Trinajstić information content (AvgIpc) is 3.50. The van der Waals surface area contributed by atoms with Crippen molar-refractivity contribution >= 4 is 33.2 Å². The van der Waals surface area contributed by atoms with Crippen LogP contribution in [0, 0.1) is 0 Å². The number of nitrogens with zero attached hydrogens (tertiary/aromatic N) is 5. The first-order valence-corrected chi connectivity index (χ1v) is 13.1. The molecule has 2 aromatic carbocycles. The zero-order chi connectivity index (χ0) is 24.7. The predicted octanol–water partition coefficient (Wildman–Crippen LogP) is 1.71. The number of amides is 3. The van der Waals surface area contributed by atoms with E-state index in [0.29, 0.717) is 17.6 Å². The maximum Gasteiger partial charge on any atom is 0.262 e. The lowest BCUT2D eigenvalue weighted by atomic mass is 10.1. The fourth-order valence-electron chi connectivity index (χ4n) is 4.07. The Morgan fingerprint density at radius 1 is 1.06 bits per heavy atom. The highest BCUT2D eigenvalue weighted by Gasteiger charge is 2.42. The molecular weight excluding hydrogens is 472 g/mol. The minimum absolute atomic E-state index is 0.187. The van der Waals surface area contributed by atoms with Crippen molar-refractivity contribution in [3.05, 3.63) is 59.7 Å². The van der Waals surface area contributed by atoms with Gasteiger partial charge in [0.05, 0.1) is 22.9 Å². The monoisotopic (exact) mass is 494 g/mol. The van der Waals surface area contributed by atoms with Crippen molar-refractivity contribution in [2.45, 2.75) is 31.3 Å². The van der Waals surface area contributed by atoms with Gasteiger partial charge in [0.2, 0.25) is 5.91 Å². The summed E-state index contributed by atoms with van der Waals surface area (Å²) >= 11 is 0.